The molecule has 0 unspecified atom stereocenters. The molecular formula is C17H12ClFN2O. The van der Waals surface area contributed by atoms with Crippen molar-refractivity contribution in [3.05, 3.63) is 87.4 Å². The minimum Gasteiger partial charge on any atom is -0.268 e. The Morgan fingerprint density at radius 3 is 2.50 bits per heavy atom. The lowest BCUT2D eigenvalue weighted by Gasteiger charge is -2.09. The van der Waals surface area contributed by atoms with E-state index in [1.807, 2.05) is 18.2 Å². The van der Waals surface area contributed by atoms with Crippen LogP contribution in [0.3, 0.4) is 0 Å². The molecule has 0 bridgehead atoms. The van der Waals surface area contributed by atoms with E-state index in [4.69, 9.17) is 11.6 Å². The number of hydrogen-bond acceptors (Lipinski definition) is 2. The van der Waals surface area contributed by atoms with E-state index < -0.39 is 0 Å². The van der Waals surface area contributed by atoms with Gasteiger partial charge in [0.2, 0.25) is 0 Å². The Kier molecular flexibility index (Phi) is 4.02. The highest BCUT2D eigenvalue weighted by Gasteiger charge is 2.09. The topological polar surface area (TPSA) is 34.9 Å². The molecule has 0 saturated carbocycles. The maximum absolute atomic E-state index is 13.9. The number of aromatic nitrogens is 2. The highest BCUT2D eigenvalue weighted by atomic mass is 35.5. The monoisotopic (exact) mass is 314 g/mol. The predicted octanol–water partition coefficient (Wildman–Crippen LogP) is 3.75. The molecule has 0 amide bonds. The third-order valence-electron chi connectivity index (χ3n) is 3.29. The van der Waals surface area contributed by atoms with Gasteiger partial charge in [-0.25, -0.2) is 9.07 Å². The zero-order valence-corrected chi connectivity index (χ0v) is 12.3. The fourth-order valence-electron chi connectivity index (χ4n) is 2.16. The van der Waals surface area contributed by atoms with Crippen LogP contribution in [0.5, 0.6) is 0 Å². The number of rotatable bonds is 3. The smallest absolute Gasteiger partial charge is 0.267 e. The van der Waals surface area contributed by atoms with Gasteiger partial charge in [0.05, 0.1) is 12.2 Å². The van der Waals surface area contributed by atoms with Gasteiger partial charge in [-0.15, -0.1) is 0 Å². The molecule has 0 aliphatic carbocycles. The number of hydrogen-bond donors (Lipinski definition) is 0. The van der Waals surface area contributed by atoms with Crippen molar-refractivity contribution in [2.75, 3.05) is 0 Å². The standard InChI is InChI=1S/C17H12ClFN2O/c18-14-7-3-1-5-12(14)11-21-17(22)10-9-16(20-21)13-6-2-4-8-15(13)19/h1-10H,11H2. The molecule has 3 rings (SSSR count). The minimum atomic E-state index is -0.377. The van der Waals surface area contributed by atoms with Gasteiger partial charge in [0.25, 0.3) is 5.56 Å². The fraction of sp³-hybridized carbons (Fsp3) is 0.0588. The molecule has 1 heterocycles. The van der Waals surface area contributed by atoms with Gasteiger partial charge >= 0.3 is 0 Å². The summed E-state index contributed by atoms with van der Waals surface area (Å²) in [6.07, 6.45) is 0. The summed E-state index contributed by atoms with van der Waals surface area (Å²) in [6.45, 7) is 0.237. The average molecular weight is 315 g/mol. The molecule has 110 valence electrons. The minimum absolute atomic E-state index is 0.237. The molecule has 0 atom stereocenters. The first-order valence-electron chi connectivity index (χ1n) is 6.71. The van der Waals surface area contributed by atoms with Crippen molar-refractivity contribution < 1.29 is 4.39 Å². The molecule has 22 heavy (non-hydrogen) atoms. The van der Waals surface area contributed by atoms with Crippen LogP contribution in [0.1, 0.15) is 5.56 Å². The summed E-state index contributed by atoms with van der Waals surface area (Å²) in [5, 5.41) is 4.81. The molecule has 0 fully saturated rings. The molecule has 0 saturated heterocycles. The van der Waals surface area contributed by atoms with Crippen molar-refractivity contribution in [2.45, 2.75) is 6.54 Å². The van der Waals surface area contributed by atoms with Crippen molar-refractivity contribution in [3.8, 4) is 11.3 Å². The molecule has 3 nitrogen and oxygen atoms in total. The second-order valence-electron chi connectivity index (χ2n) is 4.79. The predicted molar refractivity (Wildman–Crippen MR) is 84.4 cm³/mol. The van der Waals surface area contributed by atoms with E-state index >= 15 is 0 Å². The van der Waals surface area contributed by atoms with Crippen molar-refractivity contribution >= 4 is 11.6 Å². The summed E-state index contributed by atoms with van der Waals surface area (Å²) in [4.78, 5) is 12.0. The third-order valence-corrected chi connectivity index (χ3v) is 3.66. The first-order chi connectivity index (χ1) is 10.6. The van der Waals surface area contributed by atoms with Crippen molar-refractivity contribution in [1.29, 1.82) is 0 Å². The summed E-state index contributed by atoms with van der Waals surface area (Å²) >= 11 is 6.11. The van der Waals surface area contributed by atoms with Crippen LogP contribution < -0.4 is 5.56 Å². The second kappa shape index (κ2) is 6.12. The Labute approximate surface area is 131 Å². The summed E-state index contributed by atoms with van der Waals surface area (Å²) in [6, 6.07) is 16.5. The van der Waals surface area contributed by atoms with E-state index in [1.165, 1.54) is 22.9 Å². The Hall–Kier alpha value is -2.46. The molecule has 0 radical (unpaired) electrons. The van der Waals surface area contributed by atoms with E-state index in [0.717, 1.165) is 5.56 Å². The van der Waals surface area contributed by atoms with Gasteiger partial charge in [-0.05, 0) is 29.8 Å². The molecule has 0 N–H and O–H groups in total. The lowest BCUT2D eigenvalue weighted by Crippen LogP contribution is -2.23. The maximum Gasteiger partial charge on any atom is 0.267 e. The van der Waals surface area contributed by atoms with Crippen LogP contribution in [0.4, 0.5) is 4.39 Å². The van der Waals surface area contributed by atoms with Crippen LogP contribution in [0.2, 0.25) is 5.02 Å². The van der Waals surface area contributed by atoms with Gasteiger partial charge in [0.15, 0.2) is 0 Å². The normalized spacial score (nSPS) is 10.6. The van der Waals surface area contributed by atoms with Crippen molar-refractivity contribution in [1.82, 2.24) is 9.78 Å². The van der Waals surface area contributed by atoms with Crippen molar-refractivity contribution in [2.24, 2.45) is 0 Å². The van der Waals surface area contributed by atoms with Gasteiger partial charge in [-0.2, -0.15) is 5.10 Å². The van der Waals surface area contributed by atoms with E-state index in [0.29, 0.717) is 16.3 Å². The van der Waals surface area contributed by atoms with Gasteiger partial charge in [-0.1, -0.05) is 41.9 Å². The summed E-state index contributed by atoms with van der Waals surface area (Å²) in [5.41, 5.74) is 1.28. The fourth-order valence-corrected chi connectivity index (χ4v) is 2.36. The van der Waals surface area contributed by atoms with Crippen LogP contribution in [0, 0.1) is 5.82 Å². The molecule has 0 aliphatic rings. The van der Waals surface area contributed by atoms with Crippen molar-refractivity contribution in [3.63, 3.8) is 0 Å². The molecule has 0 aliphatic heterocycles. The van der Waals surface area contributed by atoms with Crippen LogP contribution >= 0.6 is 11.6 Å². The Morgan fingerprint density at radius 1 is 1.00 bits per heavy atom. The molecule has 0 spiro atoms. The lowest BCUT2D eigenvalue weighted by atomic mass is 10.1. The summed E-state index contributed by atoms with van der Waals surface area (Å²) in [5.74, 6) is -0.377. The first kappa shape index (κ1) is 14.5. The Balaban J connectivity index is 2.03. The zero-order valence-electron chi connectivity index (χ0n) is 11.5. The molecule has 1 aromatic heterocycles. The SMILES string of the molecule is O=c1ccc(-c2ccccc2F)nn1Cc1ccccc1Cl. The largest absolute Gasteiger partial charge is 0.268 e. The number of benzene rings is 2. The van der Waals surface area contributed by atoms with Crippen LogP contribution in [-0.4, -0.2) is 9.78 Å². The number of halogens is 2. The third kappa shape index (κ3) is 2.92. The van der Waals surface area contributed by atoms with Gasteiger partial charge in [-0.3, -0.25) is 4.79 Å². The molecular weight excluding hydrogens is 303 g/mol. The number of nitrogens with zero attached hydrogens (tertiary/aromatic N) is 2. The average Bonchev–Trinajstić information content (AvgIpc) is 2.52. The molecule has 5 heteroatoms. The van der Waals surface area contributed by atoms with Gasteiger partial charge in [0.1, 0.15) is 5.82 Å². The lowest BCUT2D eigenvalue weighted by molar-refractivity contribution is 0.620. The first-order valence-corrected chi connectivity index (χ1v) is 7.09. The second-order valence-corrected chi connectivity index (χ2v) is 5.19. The van der Waals surface area contributed by atoms with E-state index in [9.17, 15) is 9.18 Å². The van der Waals surface area contributed by atoms with Crippen LogP contribution in [0.15, 0.2) is 65.5 Å². The van der Waals surface area contributed by atoms with Gasteiger partial charge in [0, 0.05) is 16.7 Å². The molecule has 2 aromatic carbocycles. The van der Waals surface area contributed by atoms with Gasteiger partial charge < -0.3 is 0 Å². The summed E-state index contributed by atoms with van der Waals surface area (Å²) in [7, 11) is 0. The highest BCUT2D eigenvalue weighted by Crippen LogP contribution is 2.20. The van der Waals surface area contributed by atoms with E-state index in [1.54, 1.807) is 24.3 Å². The Morgan fingerprint density at radius 2 is 1.73 bits per heavy atom. The van der Waals surface area contributed by atoms with E-state index in [-0.39, 0.29) is 17.9 Å². The Bertz CT molecular complexity index is 876. The maximum atomic E-state index is 13.9. The quantitative estimate of drug-likeness (QED) is 0.738. The summed E-state index contributed by atoms with van der Waals surface area (Å²) < 4.78 is 15.1. The van der Waals surface area contributed by atoms with Crippen LogP contribution in [0.25, 0.3) is 11.3 Å². The molecule has 3 aromatic rings. The highest BCUT2D eigenvalue weighted by molar-refractivity contribution is 6.31. The van der Waals surface area contributed by atoms with E-state index in [2.05, 4.69) is 5.10 Å². The zero-order chi connectivity index (χ0) is 15.5. The van der Waals surface area contributed by atoms with Crippen LogP contribution in [-0.2, 0) is 6.54 Å².